The summed E-state index contributed by atoms with van der Waals surface area (Å²) < 4.78 is 0. The monoisotopic (exact) mass is 159 g/mol. The van der Waals surface area contributed by atoms with Crippen LogP contribution in [-0.4, -0.2) is 0 Å². The first-order valence-electron chi connectivity index (χ1n) is 4.80. The molecule has 1 aliphatic carbocycles. The van der Waals surface area contributed by atoms with Crippen LogP contribution in [0.15, 0.2) is 18.2 Å². The minimum Gasteiger partial charge on any atom is -0.0617 e. The third-order valence-electron chi connectivity index (χ3n) is 2.69. The van der Waals surface area contributed by atoms with Gasteiger partial charge in [-0.25, -0.2) is 0 Å². The van der Waals surface area contributed by atoms with Crippen LogP contribution in [0.1, 0.15) is 29.5 Å². The molecule has 1 aromatic rings. The molecule has 1 aliphatic rings. The number of rotatable bonds is 2. The molecule has 0 aromatic heterocycles. The zero-order chi connectivity index (χ0) is 8.39. The first-order valence-corrected chi connectivity index (χ1v) is 4.80. The van der Waals surface area contributed by atoms with E-state index in [1.54, 1.807) is 16.7 Å². The Hall–Kier alpha value is -0.780. The minimum atomic E-state index is 1.02. The molecule has 0 saturated carbocycles. The molecular weight excluding hydrogens is 144 g/mol. The van der Waals surface area contributed by atoms with Gasteiger partial charge in [0, 0.05) is 0 Å². The van der Waals surface area contributed by atoms with E-state index in [2.05, 4.69) is 25.1 Å². The number of fused-ring (bicyclic) bond motifs is 1. The highest BCUT2D eigenvalue weighted by atomic mass is 14.2. The van der Waals surface area contributed by atoms with Gasteiger partial charge >= 0.3 is 0 Å². The molecule has 1 aromatic carbocycles. The van der Waals surface area contributed by atoms with E-state index in [0.717, 1.165) is 12.8 Å². The molecule has 63 valence electrons. The molecule has 12 heavy (non-hydrogen) atoms. The molecule has 0 amide bonds. The summed E-state index contributed by atoms with van der Waals surface area (Å²) in [6.07, 6.45) is 6.12. The third-order valence-corrected chi connectivity index (χ3v) is 2.69. The maximum Gasteiger partial charge on any atom is -0.0270 e. The lowest BCUT2D eigenvalue weighted by Crippen LogP contribution is -1.91. The van der Waals surface area contributed by atoms with E-state index < -0.39 is 0 Å². The summed E-state index contributed by atoms with van der Waals surface area (Å²) in [6.45, 7) is 3.91. The topological polar surface area (TPSA) is 0 Å². The Morgan fingerprint density at radius 2 is 2.17 bits per heavy atom. The van der Waals surface area contributed by atoms with Crippen molar-refractivity contribution in [1.29, 1.82) is 0 Å². The van der Waals surface area contributed by atoms with Crippen molar-refractivity contribution in [3.05, 3.63) is 41.8 Å². The van der Waals surface area contributed by atoms with E-state index >= 15 is 0 Å². The summed E-state index contributed by atoms with van der Waals surface area (Å²) >= 11 is 0. The van der Waals surface area contributed by atoms with Crippen molar-refractivity contribution in [1.82, 2.24) is 0 Å². The predicted octanol–water partition coefficient (Wildman–Crippen LogP) is 2.94. The van der Waals surface area contributed by atoms with E-state index in [4.69, 9.17) is 0 Å². The zero-order valence-corrected chi connectivity index (χ0v) is 7.47. The van der Waals surface area contributed by atoms with Gasteiger partial charge in [0.1, 0.15) is 0 Å². The lowest BCUT2D eigenvalue weighted by Gasteiger charge is -2.05. The third kappa shape index (κ3) is 1.26. The average Bonchev–Trinajstić information content (AvgIpc) is 2.53. The fraction of sp³-hybridized carbons (Fsp3) is 0.417. The van der Waals surface area contributed by atoms with Crippen LogP contribution in [0, 0.1) is 6.92 Å². The summed E-state index contributed by atoms with van der Waals surface area (Å²) in [5.41, 5.74) is 4.75. The van der Waals surface area contributed by atoms with Crippen LogP contribution in [-0.2, 0) is 19.3 Å². The molecular formula is C12H15. The van der Waals surface area contributed by atoms with Crippen molar-refractivity contribution >= 4 is 0 Å². The predicted molar refractivity (Wildman–Crippen MR) is 52.1 cm³/mol. The zero-order valence-electron chi connectivity index (χ0n) is 7.47. The van der Waals surface area contributed by atoms with Crippen LogP contribution in [0.25, 0.3) is 0 Å². The van der Waals surface area contributed by atoms with Gasteiger partial charge in [0.2, 0.25) is 0 Å². The molecule has 0 unspecified atom stereocenters. The van der Waals surface area contributed by atoms with E-state index in [1.807, 2.05) is 0 Å². The molecule has 0 nitrogen and oxygen atoms in total. The largest absolute Gasteiger partial charge is 0.0617 e. The second-order valence-corrected chi connectivity index (χ2v) is 3.51. The highest BCUT2D eigenvalue weighted by Gasteiger charge is 2.12. The summed E-state index contributed by atoms with van der Waals surface area (Å²) in [7, 11) is 0. The summed E-state index contributed by atoms with van der Waals surface area (Å²) in [5.74, 6) is 0. The Balaban J connectivity index is 2.36. The first-order chi connectivity index (χ1) is 5.92. The second kappa shape index (κ2) is 3.30. The van der Waals surface area contributed by atoms with Gasteiger partial charge in [-0.05, 0) is 48.8 Å². The van der Waals surface area contributed by atoms with Crippen molar-refractivity contribution in [2.45, 2.75) is 32.1 Å². The summed E-state index contributed by atoms with van der Waals surface area (Å²) in [6, 6.07) is 6.72. The molecule has 0 heterocycles. The molecule has 0 heteroatoms. The van der Waals surface area contributed by atoms with Crippen LogP contribution in [0.4, 0.5) is 0 Å². The van der Waals surface area contributed by atoms with Gasteiger partial charge in [-0.15, -0.1) is 0 Å². The van der Waals surface area contributed by atoms with E-state index in [1.165, 1.54) is 19.3 Å². The molecule has 0 N–H and O–H groups in total. The fourth-order valence-electron chi connectivity index (χ4n) is 2.12. The standard InChI is InChI=1S/C12H15/c1-2-5-10-6-3-7-11-8-4-9-12(10)11/h3,6-7H,1-2,4-5,8-9H2. The Morgan fingerprint density at radius 3 is 3.00 bits per heavy atom. The van der Waals surface area contributed by atoms with Gasteiger partial charge in [0.25, 0.3) is 0 Å². The van der Waals surface area contributed by atoms with Crippen molar-refractivity contribution in [3.63, 3.8) is 0 Å². The second-order valence-electron chi connectivity index (χ2n) is 3.51. The maximum atomic E-state index is 3.91. The maximum absolute atomic E-state index is 3.91. The van der Waals surface area contributed by atoms with E-state index in [0.29, 0.717) is 0 Å². The van der Waals surface area contributed by atoms with Crippen molar-refractivity contribution in [2.24, 2.45) is 0 Å². The van der Waals surface area contributed by atoms with Crippen molar-refractivity contribution in [2.75, 3.05) is 0 Å². The SMILES string of the molecule is [CH2]CCc1cccc2c1CCC2. The number of hydrogen-bond acceptors (Lipinski definition) is 0. The highest BCUT2D eigenvalue weighted by Crippen LogP contribution is 2.25. The highest BCUT2D eigenvalue weighted by molar-refractivity contribution is 5.38. The Kier molecular flexibility index (Phi) is 2.16. The number of aryl methyl sites for hydroxylation is 2. The van der Waals surface area contributed by atoms with Crippen molar-refractivity contribution in [3.8, 4) is 0 Å². The first kappa shape index (κ1) is 7.85. The smallest absolute Gasteiger partial charge is 0.0270 e. The van der Waals surface area contributed by atoms with Crippen LogP contribution in [0.3, 0.4) is 0 Å². The Morgan fingerprint density at radius 1 is 1.25 bits per heavy atom. The molecule has 0 saturated heterocycles. The van der Waals surface area contributed by atoms with Crippen LogP contribution >= 0.6 is 0 Å². The molecule has 0 fully saturated rings. The van der Waals surface area contributed by atoms with Gasteiger partial charge in [-0.1, -0.05) is 25.1 Å². The van der Waals surface area contributed by atoms with Gasteiger partial charge in [0.05, 0.1) is 0 Å². The van der Waals surface area contributed by atoms with Crippen LogP contribution < -0.4 is 0 Å². The molecule has 0 bridgehead atoms. The lowest BCUT2D eigenvalue weighted by molar-refractivity contribution is 0.898. The quantitative estimate of drug-likeness (QED) is 0.622. The molecule has 2 rings (SSSR count). The fourth-order valence-corrected chi connectivity index (χ4v) is 2.12. The molecule has 1 radical (unpaired) electrons. The summed E-state index contributed by atoms with van der Waals surface area (Å²) in [4.78, 5) is 0. The molecule has 0 atom stereocenters. The number of benzene rings is 1. The van der Waals surface area contributed by atoms with Gasteiger partial charge in [-0.3, -0.25) is 0 Å². The van der Waals surface area contributed by atoms with Gasteiger partial charge in [0.15, 0.2) is 0 Å². The number of hydrogen-bond donors (Lipinski definition) is 0. The lowest BCUT2D eigenvalue weighted by atomic mass is 10.0. The molecule has 0 aliphatic heterocycles. The van der Waals surface area contributed by atoms with Crippen molar-refractivity contribution < 1.29 is 0 Å². The Labute approximate surface area is 74.6 Å². The molecule has 0 spiro atoms. The van der Waals surface area contributed by atoms with E-state index in [-0.39, 0.29) is 0 Å². The van der Waals surface area contributed by atoms with E-state index in [9.17, 15) is 0 Å². The van der Waals surface area contributed by atoms with Crippen LogP contribution in [0.2, 0.25) is 0 Å². The van der Waals surface area contributed by atoms with Gasteiger partial charge in [-0.2, -0.15) is 0 Å². The summed E-state index contributed by atoms with van der Waals surface area (Å²) in [5, 5.41) is 0. The normalized spacial score (nSPS) is 14.8. The van der Waals surface area contributed by atoms with Crippen LogP contribution in [0.5, 0.6) is 0 Å². The minimum absolute atomic E-state index is 1.02. The Bertz CT molecular complexity index is 273. The van der Waals surface area contributed by atoms with Gasteiger partial charge < -0.3 is 0 Å². The average molecular weight is 159 g/mol.